The molecule has 12 fully saturated rings. The van der Waals surface area contributed by atoms with E-state index in [-0.39, 0.29) is 27.3 Å². The molecule has 2 amide bonds. The van der Waals surface area contributed by atoms with Gasteiger partial charge in [-0.25, -0.2) is 0 Å². The van der Waals surface area contributed by atoms with E-state index in [2.05, 4.69) is 31.4 Å². The third kappa shape index (κ3) is 3.47. The summed E-state index contributed by atoms with van der Waals surface area (Å²) in [7, 11) is 0. The van der Waals surface area contributed by atoms with Gasteiger partial charge in [-0.05, 0) is 161 Å². The molecule has 6 unspecified atom stereocenters. The Bertz CT molecular complexity index is 1050. The van der Waals surface area contributed by atoms with Crippen LogP contribution in [0.4, 0.5) is 0 Å². The predicted octanol–water partition coefficient (Wildman–Crippen LogP) is 6.91. The zero-order chi connectivity index (χ0) is 26.7. The predicted molar refractivity (Wildman–Crippen MR) is 151 cm³/mol. The maximum absolute atomic E-state index is 14.6. The molecule has 0 aliphatic heterocycles. The van der Waals surface area contributed by atoms with Crippen molar-refractivity contribution in [3.8, 4) is 0 Å². The smallest absolute Gasteiger partial charge is 0.226 e. The van der Waals surface area contributed by atoms with E-state index in [0.717, 1.165) is 55.8 Å². The van der Waals surface area contributed by atoms with Gasteiger partial charge in [0.15, 0.2) is 0 Å². The molecular weight excluding hydrogens is 480 g/mol. The Balaban J connectivity index is 1.00. The molecule has 12 saturated carbocycles. The molecule has 0 aromatic heterocycles. The summed E-state index contributed by atoms with van der Waals surface area (Å²) in [5.74, 6) is 4.47. The van der Waals surface area contributed by atoms with Crippen LogP contribution in [0.5, 0.6) is 0 Å². The van der Waals surface area contributed by atoms with E-state index in [9.17, 15) is 9.59 Å². The fourth-order valence-electron chi connectivity index (χ4n) is 15.9. The Morgan fingerprint density at radius 2 is 0.846 bits per heavy atom. The van der Waals surface area contributed by atoms with E-state index >= 15 is 0 Å². The van der Waals surface area contributed by atoms with Crippen molar-refractivity contribution in [3.63, 3.8) is 0 Å². The first-order valence-corrected chi connectivity index (χ1v) is 17.0. The Hall–Kier alpha value is -1.06. The minimum absolute atomic E-state index is 0.0320. The van der Waals surface area contributed by atoms with Gasteiger partial charge in [0.05, 0.1) is 10.8 Å². The zero-order valence-corrected chi connectivity index (χ0v) is 24.9. The van der Waals surface area contributed by atoms with Gasteiger partial charge in [-0.2, -0.15) is 0 Å². The van der Waals surface area contributed by atoms with Crippen LogP contribution < -0.4 is 10.6 Å². The van der Waals surface area contributed by atoms with Crippen LogP contribution in [0.1, 0.15) is 136 Å². The molecule has 6 atom stereocenters. The number of carbonyl (C=O) groups excluding carboxylic acids is 2. The second-order valence-corrected chi connectivity index (χ2v) is 19.4. The van der Waals surface area contributed by atoms with Crippen LogP contribution in [-0.4, -0.2) is 22.9 Å². The van der Waals surface area contributed by atoms with Gasteiger partial charge in [0.2, 0.25) is 11.8 Å². The lowest BCUT2D eigenvalue weighted by molar-refractivity contribution is -0.187. The van der Waals surface area contributed by atoms with E-state index in [4.69, 9.17) is 0 Å². The molecule has 12 aliphatic carbocycles. The summed E-state index contributed by atoms with van der Waals surface area (Å²) in [6.45, 7) is 7.43. The lowest BCUT2D eigenvalue weighted by Crippen LogP contribution is -2.70. The number of hydrogen-bond acceptors (Lipinski definition) is 2. The molecule has 0 heterocycles. The Kier molecular flexibility index (Phi) is 4.47. The van der Waals surface area contributed by atoms with Gasteiger partial charge >= 0.3 is 0 Å². The van der Waals surface area contributed by atoms with Gasteiger partial charge < -0.3 is 10.6 Å². The van der Waals surface area contributed by atoms with Crippen LogP contribution in [0.2, 0.25) is 0 Å². The van der Waals surface area contributed by atoms with Crippen molar-refractivity contribution in [1.82, 2.24) is 10.6 Å². The van der Waals surface area contributed by atoms with Crippen molar-refractivity contribution in [2.75, 3.05) is 0 Å². The standard InChI is InChI=1S/C35H52N2O2/c1-29-6-22-4-23(7-29)14-34(13-22,19-29)36-27(38)32-11-26-10-31(3,17-32)18-33(12-26,21-32)28(39)37-35-15-24-5-25(16-35)9-30(2,8-24)20-35/h22-26H,4-21H2,1-3H3,(H,36,38)(H,37,39). The molecule has 0 aromatic rings. The maximum atomic E-state index is 14.6. The Morgan fingerprint density at radius 3 is 1.21 bits per heavy atom. The van der Waals surface area contributed by atoms with Crippen LogP contribution in [0.3, 0.4) is 0 Å². The average molecular weight is 533 g/mol. The summed E-state index contributed by atoms with van der Waals surface area (Å²) in [4.78, 5) is 29.2. The molecule has 12 bridgehead atoms. The number of nitrogens with one attached hydrogen (secondary N) is 2. The summed E-state index contributed by atoms with van der Waals surface area (Å²) < 4.78 is 0. The van der Waals surface area contributed by atoms with Crippen molar-refractivity contribution in [1.29, 1.82) is 0 Å². The van der Waals surface area contributed by atoms with Gasteiger partial charge in [-0.15, -0.1) is 0 Å². The van der Waals surface area contributed by atoms with Gasteiger partial charge in [0.1, 0.15) is 0 Å². The SMILES string of the molecule is CC12CC3CC(C1)CC(NC(=O)C14CC5CC(C)(C1)CC(C(=O)NC16CC7CC(CC(C)(C7)C1)C6)(C5)C4)(C3)C2. The molecule has 214 valence electrons. The second kappa shape index (κ2) is 7.11. The van der Waals surface area contributed by atoms with Crippen LogP contribution in [-0.2, 0) is 9.59 Å². The highest BCUT2D eigenvalue weighted by Gasteiger charge is 2.68. The van der Waals surface area contributed by atoms with Gasteiger partial charge in [0, 0.05) is 11.1 Å². The number of hydrogen-bond donors (Lipinski definition) is 2. The van der Waals surface area contributed by atoms with E-state index in [1.165, 1.54) is 83.5 Å². The highest BCUT2D eigenvalue weighted by atomic mass is 16.2. The quantitative estimate of drug-likeness (QED) is 0.413. The fraction of sp³-hybridized carbons (Fsp3) is 0.943. The van der Waals surface area contributed by atoms with Crippen LogP contribution in [0, 0.1) is 56.7 Å². The molecule has 0 saturated heterocycles. The highest BCUT2D eigenvalue weighted by Crippen LogP contribution is 2.71. The first kappa shape index (κ1) is 24.5. The van der Waals surface area contributed by atoms with E-state index in [0.29, 0.717) is 28.6 Å². The fourth-order valence-corrected chi connectivity index (χ4v) is 15.9. The van der Waals surface area contributed by atoms with E-state index < -0.39 is 0 Å². The zero-order valence-electron chi connectivity index (χ0n) is 24.9. The molecule has 39 heavy (non-hydrogen) atoms. The number of rotatable bonds is 4. The molecule has 0 aromatic carbocycles. The molecule has 4 heteroatoms. The maximum Gasteiger partial charge on any atom is 0.226 e. The number of carbonyl (C=O) groups is 2. The van der Waals surface area contributed by atoms with E-state index in [1.807, 2.05) is 0 Å². The largest absolute Gasteiger partial charge is 0.350 e. The normalized spacial score (nSPS) is 61.1. The molecule has 12 aliphatic rings. The summed E-state index contributed by atoms with van der Waals surface area (Å²) >= 11 is 0. The third-order valence-corrected chi connectivity index (χ3v) is 14.8. The third-order valence-electron chi connectivity index (χ3n) is 14.8. The highest BCUT2D eigenvalue weighted by molar-refractivity contribution is 5.89. The van der Waals surface area contributed by atoms with Gasteiger partial charge in [-0.1, -0.05) is 20.8 Å². The molecule has 2 N–H and O–H groups in total. The Morgan fingerprint density at radius 1 is 0.462 bits per heavy atom. The van der Waals surface area contributed by atoms with Crippen molar-refractivity contribution >= 4 is 11.8 Å². The second-order valence-electron chi connectivity index (χ2n) is 19.4. The summed E-state index contributed by atoms with van der Waals surface area (Å²) in [5, 5.41) is 7.68. The average Bonchev–Trinajstić information content (AvgIpc) is 2.73. The van der Waals surface area contributed by atoms with Crippen molar-refractivity contribution in [2.45, 2.75) is 147 Å². The lowest BCUT2D eigenvalue weighted by atomic mass is 9.39. The van der Waals surface area contributed by atoms with E-state index in [1.54, 1.807) is 0 Å². The summed E-state index contributed by atoms with van der Waals surface area (Å²) in [6, 6.07) is 0. The van der Waals surface area contributed by atoms with Crippen molar-refractivity contribution in [2.24, 2.45) is 56.7 Å². The molecular formula is C35H52N2O2. The molecule has 12 rings (SSSR count). The van der Waals surface area contributed by atoms with Gasteiger partial charge in [-0.3, -0.25) is 9.59 Å². The molecule has 0 spiro atoms. The lowest BCUT2D eigenvalue weighted by Gasteiger charge is -2.67. The molecule has 0 radical (unpaired) electrons. The Labute approximate surface area is 236 Å². The first-order chi connectivity index (χ1) is 18.3. The van der Waals surface area contributed by atoms with Gasteiger partial charge in [0.25, 0.3) is 0 Å². The molecule has 4 nitrogen and oxygen atoms in total. The number of amides is 2. The first-order valence-electron chi connectivity index (χ1n) is 17.0. The topological polar surface area (TPSA) is 58.2 Å². The summed E-state index contributed by atoms with van der Waals surface area (Å²) in [5.41, 5.74) is 0.399. The van der Waals surface area contributed by atoms with Crippen molar-refractivity contribution in [3.05, 3.63) is 0 Å². The van der Waals surface area contributed by atoms with Crippen LogP contribution in [0.15, 0.2) is 0 Å². The monoisotopic (exact) mass is 532 g/mol. The van der Waals surface area contributed by atoms with Crippen molar-refractivity contribution < 1.29 is 9.59 Å². The minimum atomic E-state index is -0.330. The van der Waals surface area contributed by atoms with Crippen LogP contribution in [0.25, 0.3) is 0 Å². The van der Waals surface area contributed by atoms with Crippen LogP contribution >= 0.6 is 0 Å². The summed E-state index contributed by atoms with van der Waals surface area (Å²) in [6.07, 6.45) is 21.6. The minimum Gasteiger partial charge on any atom is -0.350 e.